The third-order valence-corrected chi connectivity index (χ3v) is 5.14. The minimum absolute atomic E-state index is 0.307. The number of fused-ring (bicyclic) bond motifs is 3. The largest absolute Gasteiger partial charge is 0.488 e. The van der Waals surface area contributed by atoms with E-state index in [-0.39, 0.29) is 6.09 Å². The zero-order chi connectivity index (χ0) is 20.6. The molecule has 0 bridgehead atoms. The monoisotopic (exact) mass is 389 g/mol. The Morgan fingerprint density at radius 3 is 2.55 bits per heavy atom. The molecule has 0 aromatic heterocycles. The minimum Gasteiger partial charge on any atom is -0.488 e. The summed E-state index contributed by atoms with van der Waals surface area (Å²) in [6.45, 7) is 8.88. The average Bonchev–Trinajstić information content (AvgIpc) is 3.09. The van der Waals surface area contributed by atoms with Gasteiger partial charge in [-0.2, -0.15) is 0 Å². The summed E-state index contributed by atoms with van der Waals surface area (Å²) in [5.41, 5.74) is 3.85. The molecule has 3 aromatic rings. The predicted molar refractivity (Wildman–Crippen MR) is 117 cm³/mol. The van der Waals surface area contributed by atoms with Crippen molar-refractivity contribution in [3.63, 3.8) is 0 Å². The van der Waals surface area contributed by atoms with Gasteiger partial charge in [-0.05, 0) is 56.2 Å². The van der Waals surface area contributed by atoms with Crippen LogP contribution in [0.15, 0.2) is 54.6 Å². The summed E-state index contributed by atoms with van der Waals surface area (Å²) >= 11 is 0. The lowest BCUT2D eigenvalue weighted by Crippen LogP contribution is -2.35. The molecule has 0 fully saturated rings. The van der Waals surface area contributed by atoms with Crippen molar-refractivity contribution in [2.45, 2.75) is 46.3 Å². The lowest BCUT2D eigenvalue weighted by molar-refractivity contribution is 0.0584. The fourth-order valence-corrected chi connectivity index (χ4v) is 3.89. The fraction of sp³-hybridized carbons (Fsp3) is 0.320. The van der Waals surface area contributed by atoms with E-state index in [0.717, 1.165) is 28.8 Å². The number of nitrogens with zero attached hydrogens (tertiary/aromatic N) is 1. The maximum absolute atomic E-state index is 12.8. The topological polar surface area (TPSA) is 38.8 Å². The molecule has 1 amide bonds. The minimum atomic E-state index is -0.529. The first-order valence-corrected chi connectivity index (χ1v) is 10.1. The summed E-state index contributed by atoms with van der Waals surface area (Å²) in [4.78, 5) is 14.5. The van der Waals surface area contributed by atoms with Crippen molar-refractivity contribution in [1.29, 1.82) is 0 Å². The average molecular weight is 389 g/mol. The van der Waals surface area contributed by atoms with Gasteiger partial charge in [0.25, 0.3) is 0 Å². The second-order valence-electron chi connectivity index (χ2n) is 8.53. The van der Waals surface area contributed by atoms with Crippen molar-refractivity contribution in [3.05, 3.63) is 71.3 Å². The van der Waals surface area contributed by atoms with Gasteiger partial charge in [0.1, 0.15) is 18.0 Å². The van der Waals surface area contributed by atoms with E-state index >= 15 is 0 Å². The second kappa shape index (κ2) is 7.43. The van der Waals surface area contributed by atoms with Gasteiger partial charge < -0.3 is 9.47 Å². The Bertz CT molecular complexity index is 1050. The van der Waals surface area contributed by atoms with E-state index in [1.807, 2.05) is 57.2 Å². The van der Waals surface area contributed by atoms with Crippen LogP contribution < -0.4 is 9.64 Å². The van der Waals surface area contributed by atoms with Gasteiger partial charge in [-0.15, -0.1) is 0 Å². The van der Waals surface area contributed by atoms with Gasteiger partial charge in [0, 0.05) is 18.0 Å². The highest BCUT2D eigenvalue weighted by Gasteiger charge is 2.31. The van der Waals surface area contributed by atoms with Crippen LogP contribution in [0.4, 0.5) is 10.5 Å². The van der Waals surface area contributed by atoms with E-state index in [1.165, 1.54) is 16.5 Å². The van der Waals surface area contributed by atoms with E-state index in [1.54, 1.807) is 4.90 Å². The van der Waals surface area contributed by atoms with E-state index in [0.29, 0.717) is 13.2 Å². The molecule has 0 aliphatic carbocycles. The summed E-state index contributed by atoms with van der Waals surface area (Å²) < 4.78 is 11.9. The molecule has 0 atom stereocenters. The summed E-state index contributed by atoms with van der Waals surface area (Å²) in [5, 5.41) is 2.27. The van der Waals surface area contributed by atoms with E-state index in [2.05, 4.69) is 25.1 Å². The van der Waals surface area contributed by atoms with Crippen LogP contribution >= 0.6 is 0 Å². The molecule has 4 heteroatoms. The zero-order valence-corrected chi connectivity index (χ0v) is 17.5. The molecule has 1 aliphatic heterocycles. The Morgan fingerprint density at radius 1 is 1.07 bits per heavy atom. The van der Waals surface area contributed by atoms with Crippen LogP contribution in [-0.2, 0) is 17.8 Å². The number of anilines is 1. The SMILES string of the molecule is Cc1cccc2c(OCc3ccccc3)cc3c(c12)CCN3C(=O)OC(C)(C)C. The van der Waals surface area contributed by atoms with Gasteiger partial charge in [0.2, 0.25) is 0 Å². The van der Waals surface area contributed by atoms with Crippen LogP contribution in [0, 0.1) is 6.92 Å². The smallest absolute Gasteiger partial charge is 0.414 e. The maximum Gasteiger partial charge on any atom is 0.414 e. The van der Waals surface area contributed by atoms with Gasteiger partial charge >= 0.3 is 6.09 Å². The first kappa shape index (κ1) is 19.3. The number of hydrogen-bond donors (Lipinski definition) is 0. The Hall–Kier alpha value is -3.01. The van der Waals surface area contributed by atoms with Gasteiger partial charge in [-0.3, -0.25) is 4.90 Å². The lowest BCUT2D eigenvalue weighted by atomic mass is 9.97. The molecular formula is C25H27NO3. The third-order valence-electron chi connectivity index (χ3n) is 5.14. The predicted octanol–water partition coefficient (Wildman–Crippen LogP) is 6.02. The first-order chi connectivity index (χ1) is 13.8. The number of carbonyl (C=O) groups is 1. The molecule has 3 aromatic carbocycles. The number of carbonyl (C=O) groups excluding carboxylic acids is 1. The molecule has 1 heterocycles. The van der Waals surface area contributed by atoms with Crippen molar-refractivity contribution in [1.82, 2.24) is 0 Å². The molecule has 4 nitrogen and oxygen atoms in total. The summed E-state index contributed by atoms with van der Waals surface area (Å²) in [6, 6.07) is 18.4. The lowest BCUT2D eigenvalue weighted by Gasteiger charge is -2.25. The highest BCUT2D eigenvalue weighted by molar-refractivity contribution is 6.02. The number of amides is 1. The maximum atomic E-state index is 12.8. The quantitative estimate of drug-likeness (QED) is 0.549. The Morgan fingerprint density at radius 2 is 1.83 bits per heavy atom. The van der Waals surface area contributed by atoms with Gasteiger partial charge in [-0.1, -0.05) is 48.5 Å². The van der Waals surface area contributed by atoms with Crippen molar-refractivity contribution >= 4 is 22.6 Å². The number of hydrogen-bond acceptors (Lipinski definition) is 3. The van der Waals surface area contributed by atoms with E-state index < -0.39 is 5.60 Å². The zero-order valence-electron chi connectivity index (χ0n) is 17.5. The molecular weight excluding hydrogens is 362 g/mol. The van der Waals surface area contributed by atoms with Crippen LogP contribution in [-0.4, -0.2) is 18.2 Å². The summed E-state index contributed by atoms with van der Waals surface area (Å²) in [5.74, 6) is 0.793. The molecule has 0 unspecified atom stereocenters. The molecule has 4 rings (SSSR count). The molecule has 1 aliphatic rings. The number of aryl methyl sites for hydroxylation is 1. The van der Waals surface area contributed by atoms with Crippen LogP contribution in [0.5, 0.6) is 5.75 Å². The standard InChI is InChI=1S/C25H27NO3/c1-17-9-8-12-20-22(28-16-18-10-6-5-7-11-18)15-21-19(23(17)20)13-14-26(21)24(27)29-25(2,3)4/h5-12,15H,13-14,16H2,1-4H3. The van der Waals surface area contributed by atoms with Crippen LogP contribution in [0.2, 0.25) is 0 Å². The first-order valence-electron chi connectivity index (χ1n) is 10.1. The molecule has 0 N–H and O–H groups in total. The van der Waals surface area contributed by atoms with Crippen LogP contribution in [0.25, 0.3) is 10.8 Å². The van der Waals surface area contributed by atoms with Crippen molar-refractivity contribution in [3.8, 4) is 5.75 Å². The number of benzene rings is 3. The molecule has 29 heavy (non-hydrogen) atoms. The Balaban J connectivity index is 1.75. The van der Waals surface area contributed by atoms with Crippen LogP contribution in [0.3, 0.4) is 0 Å². The molecule has 0 radical (unpaired) electrons. The second-order valence-corrected chi connectivity index (χ2v) is 8.53. The van der Waals surface area contributed by atoms with Gasteiger partial charge in [0.05, 0.1) is 5.69 Å². The van der Waals surface area contributed by atoms with E-state index in [9.17, 15) is 4.79 Å². The normalized spacial score (nSPS) is 13.4. The molecule has 150 valence electrons. The Labute approximate surface area is 172 Å². The third kappa shape index (κ3) is 3.93. The van der Waals surface area contributed by atoms with Crippen molar-refractivity contribution in [2.75, 3.05) is 11.4 Å². The Kier molecular flexibility index (Phi) is 4.95. The molecule has 0 saturated carbocycles. The van der Waals surface area contributed by atoms with Crippen molar-refractivity contribution < 1.29 is 14.3 Å². The summed E-state index contributed by atoms with van der Waals surface area (Å²) in [6.07, 6.45) is 0.507. The van der Waals surface area contributed by atoms with Crippen molar-refractivity contribution in [2.24, 2.45) is 0 Å². The van der Waals surface area contributed by atoms with E-state index in [4.69, 9.17) is 9.47 Å². The number of rotatable bonds is 3. The summed E-state index contributed by atoms with van der Waals surface area (Å²) in [7, 11) is 0. The van der Waals surface area contributed by atoms with Gasteiger partial charge in [0.15, 0.2) is 0 Å². The molecule has 0 saturated heterocycles. The molecule has 0 spiro atoms. The highest BCUT2D eigenvalue weighted by Crippen LogP contribution is 2.42. The van der Waals surface area contributed by atoms with Gasteiger partial charge in [-0.25, -0.2) is 4.79 Å². The number of ether oxygens (including phenoxy) is 2. The fourth-order valence-electron chi connectivity index (χ4n) is 3.89. The van der Waals surface area contributed by atoms with Crippen LogP contribution in [0.1, 0.15) is 37.5 Å². The highest BCUT2D eigenvalue weighted by atomic mass is 16.6.